The van der Waals surface area contributed by atoms with Gasteiger partial charge in [0.2, 0.25) is 11.6 Å². The summed E-state index contributed by atoms with van der Waals surface area (Å²) < 4.78 is 0. The van der Waals surface area contributed by atoms with Crippen LogP contribution in [0.2, 0.25) is 0 Å². The van der Waals surface area contributed by atoms with Gasteiger partial charge in [-0.05, 0) is 31.7 Å². The van der Waals surface area contributed by atoms with Crippen LogP contribution < -0.4 is 5.32 Å². The molecule has 1 saturated heterocycles. The number of unbranched alkanes of at least 4 members (excludes halogenated alkanes) is 1. The van der Waals surface area contributed by atoms with Gasteiger partial charge in [0.1, 0.15) is 11.9 Å². The zero-order valence-corrected chi connectivity index (χ0v) is 12.5. The largest absolute Gasteiger partial charge is 0.370 e. The number of hydrogen-bond donors (Lipinski definition) is 1. The van der Waals surface area contributed by atoms with Crippen molar-refractivity contribution in [3.63, 3.8) is 0 Å². The van der Waals surface area contributed by atoms with E-state index in [9.17, 15) is 4.79 Å². The third-order valence-corrected chi connectivity index (χ3v) is 3.72. The maximum absolute atomic E-state index is 12.0. The lowest BCUT2D eigenvalue weighted by Gasteiger charge is -2.19. The smallest absolute Gasteiger partial charge is 0.223 e. The summed E-state index contributed by atoms with van der Waals surface area (Å²) in [6.45, 7) is 8.31. The first-order chi connectivity index (χ1) is 10.7. The minimum absolute atomic E-state index is 0.0867. The second-order valence-electron chi connectivity index (χ2n) is 5.27. The Morgan fingerprint density at radius 2 is 2.41 bits per heavy atom. The standard InChI is InChI=1S/C16H19N5O/c1-18-13-7-8-15(20-12-13)19-9-3-2-6-16(22)21-10-4-5-14(21)11-17/h7-8,12,14H,2-6,9-10H2,(H,19,20)/t14-/m0/s1. The number of nitriles is 1. The average molecular weight is 297 g/mol. The molecule has 1 aliphatic heterocycles. The summed E-state index contributed by atoms with van der Waals surface area (Å²) in [6.07, 6.45) is 5.41. The maximum atomic E-state index is 12.0. The average Bonchev–Trinajstić information content (AvgIpc) is 3.03. The highest BCUT2D eigenvalue weighted by Crippen LogP contribution is 2.18. The fourth-order valence-electron chi connectivity index (χ4n) is 2.52. The highest BCUT2D eigenvalue weighted by molar-refractivity contribution is 5.77. The van der Waals surface area contributed by atoms with Crippen LogP contribution in [0.5, 0.6) is 0 Å². The molecule has 1 aromatic heterocycles. The summed E-state index contributed by atoms with van der Waals surface area (Å²) in [5, 5.41) is 12.1. The number of nitrogens with zero attached hydrogens (tertiary/aromatic N) is 4. The zero-order valence-electron chi connectivity index (χ0n) is 12.5. The molecule has 1 N–H and O–H groups in total. The molecule has 1 aliphatic rings. The van der Waals surface area contributed by atoms with Gasteiger partial charge in [0.05, 0.1) is 12.6 Å². The maximum Gasteiger partial charge on any atom is 0.223 e. The SMILES string of the molecule is [C-]#[N+]c1ccc(NCCCCC(=O)N2CCC[C@H]2C#N)nc1. The molecular weight excluding hydrogens is 278 g/mol. The van der Waals surface area contributed by atoms with Gasteiger partial charge in [-0.15, -0.1) is 0 Å². The first-order valence-electron chi connectivity index (χ1n) is 7.51. The molecule has 0 saturated carbocycles. The van der Waals surface area contributed by atoms with Crippen LogP contribution in [0.1, 0.15) is 32.1 Å². The zero-order chi connectivity index (χ0) is 15.8. The molecule has 114 valence electrons. The van der Waals surface area contributed by atoms with Crippen LogP contribution in [0.15, 0.2) is 18.3 Å². The third kappa shape index (κ3) is 4.20. The van der Waals surface area contributed by atoms with Crippen LogP contribution in [-0.2, 0) is 4.79 Å². The monoisotopic (exact) mass is 297 g/mol. The van der Waals surface area contributed by atoms with Crippen LogP contribution in [-0.4, -0.2) is 34.9 Å². The Labute approximate surface area is 130 Å². The summed E-state index contributed by atoms with van der Waals surface area (Å²) in [5.41, 5.74) is 0.522. The van der Waals surface area contributed by atoms with Crippen molar-refractivity contribution in [3.8, 4) is 6.07 Å². The highest BCUT2D eigenvalue weighted by Gasteiger charge is 2.27. The fraction of sp³-hybridized carbons (Fsp3) is 0.500. The first kappa shape index (κ1) is 15.8. The topological polar surface area (TPSA) is 73.4 Å². The molecule has 0 spiro atoms. The summed E-state index contributed by atoms with van der Waals surface area (Å²) in [6, 6.07) is 5.47. The van der Waals surface area contributed by atoms with Gasteiger partial charge in [-0.2, -0.15) is 5.26 Å². The van der Waals surface area contributed by atoms with Gasteiger partial charge < -0.3 is 10.2 Å². The number of pyridine rings is 1. The van der Waals surface area contributed by atoms with Crippen molar-refractivity contribution in [1.82, 2.24) is 9.88 Å². The number of carbonyl (C=O) groups excluding carboxylic acids is 1. The van der Waals surface area contributed by atoms with Gasteiger partial charge in [0, 0.05) is 25.7 Å². The lowest BCUT2D eigenvalue weighted by atomic mass is 10.2. The quantitative estimate of drug-likeness (QED) is 0.647. The Bertz CT molecular complexity index is 584. The Kier molecular flexibility index (Phi) is 5.73. The number of aromatic nitrogens is 1. The van der Waals surface area contributed by atoms with E-state index < -0.39 is 0 Å². The second-order valence-corrected chi connectivity index (χ2v) is 5.27. The number of hydrogen-bond acceptors (Lipinski definition) is 4. The van der Waals surface area contributed by atoms with E-state index in [1.54, 1.807) is 17.0 Å². The molecule has 6 nitrogen and oxygen atoms in total. The van der Waals surface area contributed by atoms with Crippen molar-refractivity contribution in [1.29, 1.82) is 5.26 Å². The lowest BCUT2D eigenvalue weighted by molar-refractivity contribution is -0.131. The lowest BCUT2D eigenvalue weighted by Crippen LogP contribution is -2.34. The predicted octanol–water partition coefficient (Wildman–Crippen LogP) is 2.73. The molecule has 0 aromatic carbocycles. The van der Waals surface area contributed by atoms with E-state index in [4.69, 9.17) is 11.8 Å². The van der Waals surface area contributed by atoms with Crippen LogP contribution in [0.4, 0.5) is 11.5 Å². The van der Waals surface area contributed by atoms with Crippen molar-refractivity contribution in [3.05, 3.63) is 29.7 Å². The molecule has 1 fully saturated rings. The Morgan fingerprint density at radius 1 is 1.55 bits per heavy atom. The molecular formula is C16H19N5O. The number of nitrogens with one attached hydrogen (secondary N) is 1. The molecule has 22 heavy (non-hydrogen) atoms. The molecule has 2 heterocycles. The minimum Gasteiger partial charge on any atom is -0.370 e. The van der Waals surface area contributed by atoms with Gasteiger partial charge in [-0.3, -0.25) is 9.78 Å². The second kappa shape index (κ2) is 7.99. The fourth-order valence-corrected chi connectivity index (χ4v) is 2.52. The normalized spacial score (nSPS) is 16.8. The number of likely N-dealkylation sites (tertiary alicyclic amines) is 1. The number of anilines is 1. The molecule has 1 atom stereocenters. The number of carbonyl (C=O) groups is 1. The van der Waals surface area contributed by atoms with E-state index in [2.05, 4.69) is 21.2 Å². The molecule has 0 unspecified atom stereocenters. The summed E-state index contributed by atoms with van der Waals surface area (Å²) in [7, 11) is 0. The van der Waals surface area contributed by atoms with Crippen molar-refractivity contribution in [2.24, 2.45) is 0 Å². The van der Waals surface area contributed by atoms with E-state index in [1.165, 1.54) is 6.20 Å². The number of rotatable bonds is 6. The molecule has 0 aliphatic carbocycles. The Morgan fingerprint density at radius 3 is 3.09 bits per heavy atom. The van der Waals surface area contributed by atoms with Crippen molar-refractivity contribution in [2.75, 3.05) is 18.4 Å². The number of amides is 1. The van der Waals surface area contributed by atoms with E-state index in [0.717, 1.165) is 38.0 Å². The highest BCUT2D eigenvalue weighted by atomic mass is 16.2. The molecule has 0 bridgehead atoms. The molecule has 2 rings (SSSR count). The van der Waals surface area contributed by atoms with E-state index in [-0.39, 0.29) is 11.9 Å². The molecule has 1 amide bonds. The summed E-state index contributed by atoms with van der Waals surface area (Å²) in [5.74, 6) is 0.825. The van der Waals surface area contributed by atoms with Gasteiger partial charge in [0.15, 0.2) is 0 Å². The Hall–Kier alpha value is -2.60. The van der Waals surface area contributed by atoms with Crippen LogP contribution in [0.3, 0.4) is 0 Å². The van der Waals surface area contributed by atoms with Gasteiger partial charge in [-0.1, -0.05) is 6.07 Å². The van der Waals surface area contributed by atoms with E-state index >= 15 is 0 Å². The molecule has 6 heteroatoms. The van der Waals surface area contributed by atoms with Gasteiger partial charge >= 0.3 is 0 Å². The van der Waals surface area contributed by atoms with Crippen molar-refractivity contribution in [2.45, 2.75) is 38.1 Å². The van der Waals surface area contributed by atoms with Gasteiger partial charge in [0.25, 0.3) is 0 Å². The molecule has 0 radical (unpaired) electrons. The van der Waals surface area contributed by atoms with Crippen molar-refractivity contribution < 1.29 is 4.79 Å². The minimum atomic E-state index is -0.226. The van der Waals surface area contributed by atoms with Crippen molar-refractivity contribution >= 4 is 17.4 Å². The predicted molar refractivity (Wildman–Crippen MR) is 83.2 cm³/mol. The van der Waals surface area contributed by atoms with Gasteiger partial charge in [-0.25, -0.2) is 4.85 Å². The Balaban J connectivity index is 1.64. The van der Waals surface area contributed by atoms with E-state index in [1.807, 2.05) is 0 Å². The van der Waals surface area contributed by atoms with Crippen LogP contribution in [0, 0.1) is 17.9 Å². The summed E-state index contributed by atoms with van der Waals surface area (Å²) >= 11 is 0. The van der Waals surface area contributed by atoms with Crippen LogP contribution >= 0.6 is 0 Å². The summed E-state index contributed by atoms with van der Waals surface area (Å²) in [4.78, 5) is 21.2. The van der Waals surface area contributed by atoms with Crippen LogP contribution in [0.25, 0.3) is 4.85 Å². The first-order valence-corrected chi connectivity index (χ1v) is 7.51. The van der Waals surface area contributed by atoms with E-state index in [0.29, 0.717) is 18.7 Å². The molecule has 1 aromatic rings. The third-order valence-electron chi connectivity index (χ3n) is 3.72.